The molecule has 0 aliphatic carbocycles. The quantitative estimate of drug-likeness (QED) is 0.454. The molecule has 0 spiro atoms. The van der Waals surface area contributed by atoms with Crippen molar-refractivity contribution in [1.82, 2.24) is 25.6 Å². The molecule has 0 saturated carbocycles. The predicted octanol–water partition coefficient (Wildman–Crippen LogP) is 2.86. The van der Waals surface area contributed by atoms with Crippen molar-refractivity contribution < 1.29 is 9.90 Å². The minimum atomic E-state index is -0.959. The van der Waals surface area contributed by atoms with Gasteiger partial charge in [0.2, 0.25) is 17.8 Å². The summed E-state index contributed by atoms with van der Waals surface area (Å²) in [5.41, 5.74) is -0.0953. The van der Waals surface area contributed by atoms with Crippen molar-refractivity contribution in [1.29, 1.82) is 0 Å². The summed E-state index contributed by atoms with van der Waals surface area (Å²) in [6, 6.07) is 0.455. The Morgan fingerprint density at radius 3 is 1.46 bits per heavy atom. The first-order chi connectivity index (χ1) is 15.9. The van der Waals surface area contributed by atoms with Crippen LogP contribution in [0.4, 0.5) is 17.8 Å². The number of aromatic nitrogens is 3. The van der Waals surface area contributed by atoms with E-state index in [0.29, 0.717) is 11.9 Å². The van der Waals surface area contributed by atoms with Crippen molar-refractivity contribution in [2.24, 2.45) is 0 Å². The van der Waals surface area contributed by atoms with Gasteiger partial charge in [0.05, 0.1) is 0 Å². The van der Waals surface area contributed by atoms with E-state index in [-0.39, 0.29) is 46.7 Å². The molecule has 0 aromatic carbocycles. The molecule has 4 N–H and O–H groups in total. The summed E-state index contributed by atoms with van der Waals surface area (Å²) in [6.07, 6.45) is 3.77. The van der Waals surface area contributed by atoms with E-state index in [4.69, 9.17) is 4.98 Å². The summed E-state index contributed by atoms with van der Waals surface area (Å²) in [4.78, 5) is 29.6. The maximum atomic E-state index is 11.2. The zero-order valence-electron chi connectivity index (χ0n) is 23.3. The summed E-state index contributed by atoms with van der Waals surface area (Å²) in [6.45, 7) is 17.5. The Kier molecular flexibility index (Phi) is 7.32. The molecule has 1 aromatic heterocycles. The molecular weight excluding hydrogens is 444 g/mol. The molecule has 0 unspecified atom stereocenters. The smallest absolute Gasteiger partial charge is 0.322 e. The maximum Gasteiger partial charge on any atom is 0.322 e. The van der Waals surface area contributed by atoms with Gasteiger partial charge in [-0.25, -0.2) is 0 Å². The normalized spacial score (nSPS) is 23.5. The second-order valence-electron chi connectivity index (χ2n) is 13.1. The van der Waals surface area contributed by atoms with Crippen molar-refractivity contribution in [3.63, 3.8) is 0 Å². The van der Waals surface area contributed by atoms with E-state index in [9.17, 15) is 9.90 Å². The molecule has 3 rings (SSSR count). The number of anilines is 3. The molecule has 198 valence electrons. The van der Waals surface area contributed by atoms with Crippen molar-refractivity contribution >= 4 is 23.8 Å². The zero-order valence-corrected chi connectivity index (χ0v) is 23.3. The second-order valence-corrected chi connectivity index (χ2v) is 13.1. The number of piperidine rings is 2. The van der Waals surface area contributed by atoms with E-state index in [2.05, 4.69) is 91.1 Å². The van der Waals surface area contributed by atoms with Gasteiger partial charge in [-0.15, -0.1) is 0 Å². The molecule has 10 nitrogen and oxygen atoms in total. The molecule has 2 aliphatic rings. The van der Waals surface area contributed by atoms with E-state index in [1.807, 2.05) is 14.1 Å². The van der Waals surface area contributed by atoms with Crippen molar-refractivity contribution in [2.45, 2.75) is 115 Å². The van der Waals surface area contributed by atoms with Gasteiger partial charge in [-0.3, -0.25) is 4.79 Å². The average Bonchev–Trinajstić information content (AvgIpc) is 2.66. The summed E-state index contributed by atoms with van der Waals surface area (Å²) in [5, 5.41) is 19.5. The Morgan fingerprint density at radius 2 is 1.14 bits per heavy atom. The van der Waals surface area contributed by atoms with Gasteiger partial charge < -0.3 is 30.9 Å². The van der Waals surface area contributed by atoms with Crippen LogP contribution < -0.4 is 25.8 Å². The lowest BCUT2D eigenvalue weighted by Crippen LogP contribution is -2.62. The Hall–Kier alpha value is -2.20. The number of nitrogens with zero attached hydrogens (tertiary/aromatic N) is 5. The lowest BCUT2D eigenvalue weighted by atomic mass is 9.79. The average molecular weight is 491 g/mol. The number of carboxylic acid groups (broad SMARTS) is 1. The van der Waals surface area contributed by atoms with Crippen LogP contribution in [0.1, 0.15) is 81.1 Å². The van der Waals surface area contributed by atoms with Crippen LogP contribution in [0.2, 0.25) is 0 Å². The lowest BCUT2D eigenvalue weighted by molar-refractivity contribution is -0.134. The third-order valence-electron chi connectivity index (χ3n) is 7.07. The minimum absolute atomic E-state index is 0.0238. The molecule has 35 heavy (non-hydrogen) atoms. The zero-order chi connectivity index (χ0) is 26.4. The van der Waals surface area contributed by atoms with Crippen LogP contribution >= 0.6 is 0 Å². The van der Waals surface area contributed by atoms with Crippen LogP contribution in [0.25, 0.3) is 0 Å². The van der Waals surface area contributed by atoms with Crippen LogP contribution in [-0.4, -0.2) is 80.9 Å². The van der Waals surface area contributed by atoms with Gasteiger partial charge >= 0.3 is 5.97 Å². The molecule has 2 saturated heterocycles. The van der Waals surface area contributed by atoms with Crippen LogP contribution in [0, 0.1) is 0 Å². The number of carbonyl (C=O) groups is 1. The van der Waals surface area contributed by atoms with E-state index in [0.717, 1.165) is 25.7 Å². The molecule has 3 heterocycles. The van der Waals surface area contributed by atoms with Crippen molar-refractivity contribution in [3.8, 4) is 0 Å². The van der Waals surface area contributed by atoms with E-state index >= 15 is 0 Å². The van der Waals surface area contributed by atoms with E-state index < -0.39 is 5.97 Å². The first kappa shape index (κ1) is 27.4. The standard InChI is InChI=1S/C25H46N8O2/c1-22(2)11-16(12-23(3,4)30-22)32(9)20-27-19(26-15-18(34)35)28-21(29-20)33(10)17-13-24(5,6)31-25(7,8)14-17/h16-17,30-31H,11-15H2,1-10H3,(H,34,35)(H,26,27,28,29). The molecule has 10 heteroatoms. The van der Waals surface area contributed by atoms with Gasteiger partial charge in [0.25, 0.3) is 0 Å². The van der Waals surface area contributed by atoms with Crippen LogP contribution in [0.3, 0.4) is 0 Å². The minimum Gasteiger partial charge on any atom is -0.480 e. The summed E-state index contributed by atoms with van der Waals surface area (Å²) < 4.78 is 0. The Bertz CT molecular complexity index is 836. The van der Waals surface area contributed by atoms with Gasteiger partial charge in [-0.2, -0.15) is 15.0 Å². The third-order valence-corrected chi connectivity index (χ3v) is 7.07. The number of hydrogen-bond donors (Lipinski definition) is 4. The summed E-state index contributed by atoms with van der Waals surface area (Å²) >= 11 is 0. The Labute approximate surface area is 210 Å². The Morgan fingerprint density at radius 1 is 0.800 bits per heavy atom. The van der Waals surface area contributed by atoms with Crippen LogP contribution in [-0.2, 0) is 4.79 Å². The topological polar surface area (TPSA) is 119 Å². The maximum absolute atomic E-state index is 11.2. The molecule has 0 bridgehead atoms. The third kappa shape index (κ3) is 7.16. The number of nitrogens with one attached hydrogen (secondary N) is 3. The van der Waals surface area contributed by atoms with Gasteiger partial charge in [-0.1, -0.05) is 0 Å². The fourth-order valence-corrected chi connectivity index (χ4v) is 6.31. The number of rotatable bonds is 7. The van der Waals surface area contributed by atoms with Gasteiger partial charge in [-0.05, 0) is 81.1 Å². The monoisotopic (exact) mass is 490 g/mol. The molecule has 0 radical (unpaired) electrons. The lowest BCUT2D eigenvalue weighted by Gasteiger charge is -2.49. The fraction of sp³-hybridized carbons (Fsp3) is 0.840. The highest BCUT2D eigenvalue weighted by molar-refractivity contribution is 5.72. The van der Waals surface area contributed by atoms with Crippen molar-refractivity contribution in [2.75, 3.05) is 35.8 Å². The highest BCUT2D eigenvalue weighted by atomic mass is 16.4. The largest absolute Gasteiger partial charge is 0.480 e. The van der Waals surface area contributed by atoms with E-state index in [1.54, 1.807) is 0 Å². The summed E-state index contributed by atoms with van der Waals surface area (Å²) in [7, 11) is 4.05. The highest BCUT2D eigenvalue weighted by Crippen LogP contribution is 2.35. The molecule has 2 fully saturated rings. The van der Waals surface area contributed by atoms with Crippen LogP contribution in [0.5, 0.6) is 0 Å². The van der Waals surface area contributed by atoms with Gasteiger partial charge in [0, 0.05) is 48.3 Å². The van der Waals surface area contributed by atoms with Crippen LogP contribution in [0.15, 0.2) is 0 Å². The highest BCUT2D eigenvalue weighted by Gasteiger charge is 2.41. The summed E-state index contributed by atoms with van der Waals surface area (Å²) in [5.74, 6) is 0.436. The predicted molar refractivity (Wildman–Crippen MR) is 141 cm³/mol. The molecule has 1 aromatic rings. The number of aliphatic carboxylic acids is 1. The first-order valence-electron chi connectivity index (χ1n) is 12.6. The van der Waals surface area contributed by atoms with E-state index in [1.165, 1.54) is 0 Å². The Balaban J connectivity index is 1.95. The molecule has 0 amide bonds. The molecular formula is C25H46N8O2. The number of carboxylic acids is 1. The SMILES string of the molecule is CN(c1nc(NCC(=O)O)nc(N(C)C2CC(C)(C)NC(C)(C)C2)n1)C1CC(C)(C)NC(C)(C)C1. The van der Waals surface area contributed by atoms with Gasteiger partial charge in [0.1, 0.15) is 6.54 Å². The number of hydrogen-bond acceptors (Lipinski definition) is 9. The second kappa shape index (κ2) is 9.35. The fourth-order valence-electron chi connectivity index (χ4n) is 6.31. The van der Waals surface area contributed by atoms with Crippen molar-refractivity contribution in [3.05, 3.63) is 0 Å². The molecule has 0 atom stereocenters. The first-order valence-corrected chi connectivity index (χ1v) is 12.6. The van der Waals surface area contributed by atoms with Gasteiger partial charge in [0.15, 0.2) is 0 Å². The molecule has 2 aliphatic heterocycles.